The van der Waals surface area contributed by atoms with Crippen molar-refractivity contribution in [3.8, 4) is 17.2 Å². The van der Waals surface area contributed by atoms with Crippen LogP contribution in [0.4, 0.5) is 0 Å². The van der Waals surface area contributed by atoms with E-state index in [0.717, 1.165) is 5.56 Å². The molecule has 0 aliphatic rings. The number of phenols is 1. The summed E-state index contributed by atoms with van der Waals surface area (Å²) in [6, 6.07) is 16.2. The van der Waals surface area contributed by atoms with Gasteiger partial charge < -0.3 is 19.9 Å². The molecule has 2 amide bonds. The van der Waals surface area contributed by atoms with Gasteiger partial charge in [0, 0.05) is 11.4 Å². The van der Waals surface area contributed by atoms with Crippen molar-refractivity contribution in [2.75, 3.05) is 6.61 Å². The summed E-state index contributed by atoms with van der Waals surface area (Å²) in [5.41, 5.74) is 3.88. The second-order valence-electron chi connectivity index (χ2n) is 8.10. The lowest BCUT2D eigenvalue weighted by atomic mass is 10.1. The van der Waals surface area contributed by atoms with Crippen molar-refractivity contribution in [1.82, 2.24) is 10.7 Å². The van der Waals surface area contributed by atoms with Crippen LogP contribution < -0.4 is 20.2 Å². The molecule has 0 heterocycles. The minimum atomic E-state index is -0.949. The molecule has 0 spiro atoms. The smallest absolute Gasteiger partial charge is 0.262 e. The van der Waals surface area contributed by atoms with E-state index < -0.39 is 24.0 Å². The van der Waals surface area contributed by atoms with Gasteiger partial charge in [0.05, 0.1) is 22.3 Å². The highest BCUT2D eigenvalue weighted by atomic mass is 79.9. The van der Waals surface area contributed by atoms with Crippen LogP contribution in [0.25, 0.3) is 0 Å². The number of carbonyl (C=O) groups is 2. The van der Waals surface area contributed by atoms with Crippen molar-refractivity contribution in [3.05, 3.63) is 86.3 Å². The Morgan fingerprint density at radius 1 is 1.08 bits per heavy atom. The summed E-state index contributed by atoms with van der Waals surface area (Å²) in [4.78, 5) is 26.0. The van der Waals surface area contributed by atoms with Crippen molar-refractivity contribution >= 4 is 57.2 Å². The number of nitrogens with one attached hydrogen (secondary N) is 2. The number of nitrogens with zero attached hydrogens (tertiary/aromatic N) is 1. The van der Waals surface area contributed by atoms with Crippen molar-refractivity contribution in [2.45, 2.75) is 32.4 Å². The van der Waals surface area contributed by atoms with Gasteiger partial charge in [0.15, 0.2) is 17.6 Å². The number of benzene rings is 3. The fraction of sp³-hybridized carbons (Fsp3) is 0.222. The summed E-state index contributed by atoms with van der Waals surface area (Å²) >= 11 is 15.3. The van der Waals surface area contributed by atoms with E-state index in [0.29, 0.717) is 27.4 Å². The van der Waals surface area contributed by atoms with Crippen molar-refractivity contribution < 1.29 is 24.2 Å². The monoisotopic (exact) mass is 621 g/mol. The molecule has 0 saturated carbocycles. The Labute approximate surface area is 239 Å². The zero-order valence-corrected chi connectivity index (χ0v) is 23.7. The van der Waals surface area contributed by atoms with Crippen LogP contribution in [-0.2, 0) is 16.0 Å². The minimum Gasteiger partial charge on any atom is -0.503 e. The molecule has 38 heavy (non-hydrogen) atoms. The molecule has 0 aromatic heterocycles. The van der Waals surface area contributed by atoms with E-state index >= 15 is 0 Å². The fourth-order valence-electron chi connectivity index (χ4n) is 3.35. The molecule has 0 bridgehead atoms. The highest BCUT2D eigenvalue weighted by molar-refractivity contribution is 9.10. The van der Waals surface area contributed by atoms with Crippen LogP contribution in [0.15, 0.2) is 70.2 Å². The minimum absolute atomic E-state index is 0.0325. The highest BCUT2D eigenvalue weighted by Crippen LogP contribution is 2.35. The Morgan fingerprint density at radius 2 is 1.82 bits per heavy atom. The van der Waals surface area contributed by atoms with Crippen LogP contribution in [0.5, 0.6) is 17.2 Å². The predicted octanol–water partition coefficient (Wildman–Crippen LogP) is 5.51. The maximum absolute atomic E-state index is 13.0. The fourth-order valence-corrected chi connectivity index (χ4v) is 4.26. The summed E-state index contributed by atoms with van der Waals surface area (Å²) in [6.07, 6.45) is 0.677. The number of phenolic OH excluding ortho intramolecular Hbond substituents is 1. The number of hydrogen-bond donors (Lipinski definition) is 3. The summed E-state index contributed by atoms with van der Waals surface area (Å²) in [7, 11) is 0. The lowest BCUT2D eigenvalue weighted by molar-refractivity contribution is -0.132. The van der Waals surface area contributed by atoms with Crippen molar-refractivity contribution in [2.24, 2.45) is 5.10 Å². The first kappa shape index (κ1) is 29.3. The molecule has 0 aliphatic carbocycles. The lowest BCUT2D eigenvalue weighted by Crippen LogP contribution is -2.50. The van der Waals surface area contributed by atoms with Crippen LogP contribution in [0.3, 0.4) is 0 Å². The molecular weight excluding hydrogens is 597 g/mol. The Hall–Kier alpha value is -3.27. The average molecular weight is 623 g/mol. The summed E-state index contributed by atoms with van der Waals surface area (Å²) in [5.74, 6) is -0.509. The molecule has 3 rings (SSSR count). The number of hydrazone groups is 1. The number of aromatic hydroxyl groups is 1. The van der Waals surface area contributed by atoms with Crippen molar-refractivity contribution in [3.63, 3.8) is 0 Å². The van der Waals surface area contributed by atoms with E-state index in [1.165, 1.54) is 12.3 Å². The normalized spacial score (nSPS) is 12.6. The van der Waals surface area contributed by atoms with Gasteiger partial charge in [-0.2, -0.15) is 5.10 Å². The van der Waals surface area contributed by atoms with Gasteiger partial charge in [-0.05, 0) is 71.2 Å². The third kappa shape index (κ3) is 8.37. The van der Waals surface area contributed by atoms with Crippen LogP contribution >= 0.6 is 39.1 Å². The number of amides is 2. The van der Waals surface area contributed by atoms with Gasteiger partial charge in [-0.25, -0.2) is 5.43 Å². The van der Waals surface area contributed by atoms with E-state index in [9.17, 15) is 14.7 Å². The number of hydrogen-bond acceptors (Lipinski definition) is 6. The highest BCUT2D eigenvalue weighted by Gasteiger charge is 2.25. The molecule has 0 fully saturated rings. The summed E-state index contributed by atoms with van der Waals surface area (Å²) in [5, 5.41) is 17.5. The van der Waals surface area contributed by atoms with E-state index in [1.807, 2.05) is 30.3 Å². The second kappa shape index (κ2) is 14.0. The molecule has 11 heteroatoms. The van der Waals surface area contributed by atoms with Crippen LogP contribution in [-0.4, -0.2) is 41.9 Å². The van der Waals surface area contributed by atoms with E-state index in [1.54, 1.807) is 38.1 Å². The maximum atomic E-state index is 13.0. The topological polar surface area (TPSA) is 109 Å². The lowest BCUT2D eigenvalue weighted by Gasteiger charge is -2.21. The Morgan fingerprint density at radius 3 is 2.50 bits per heavy atom. The van der Waals surface area contributed by atoms with Gasteiger partial charge in [-0.1, -0.05) is 53.5 Å². The SMILES string of the molecule is CCOc1cc(/C=N\NC(=O)[C@@H](Cc2ccccc2)NC(=O)[C@@H](C)Oc2ccc(Cl)cc2Cl)cc(Br)c1O. The molecule has 0 radical (unpaired) electrons. The molecule has 2 atom stereocenters. The Balaban J connectivity index is 1.72. The molecule has 8 nitrogen and oxygen atoms in total. The first-order valence-electron chi connectivity index (χ1n) is 11.6. The number of halogens is 3. The van der Waals surface area contributed by atoms with Crippen LogP contribution in [0.2, 0.25) is 10.0 Å². The molecular formula is C27H26BrCl2N3O5. The third-order valence-corrected chi connectivity index (χ3v) is 6.36. The zero-order valence-electron chi connectivity index (χ0n) is 20.6. The molecule has 3 aromatic carbocycles. The molecule has 200 valence electrons. The second-order valence-corrected chi connectivity index (χ2v) is 9.80. The van der Waals surface area contributed by atoms with Gasteiger partial charge in [0.1, 0.15) is 11.8 Å². The van der Waals surface area contributed by atoms with Gasteiger partial charge in [0.2, 0.25) is 0 Å². The van der Waals surface area contributed by atoms with Crippen LogP contribution in [0.1, 0.15) is 25.0 Å². The number of carbonyl (C=O) groups excluding carboxylic acids is 2. The molecule has 0 aliphatic heterocycles. The first-order chi connectivity index (χ1) is 18.2. The Bertz CT molecular complexity index is 1310. The largest absolute Gasteiger partial charge is 0.503 e. The summed E-state index contributed by atoms with van der Waals surface area (Å²) in [6.45, 7) is 3.71. The van der Waals surface area contributed by atoms with E-state index in [-0.39, 0.29) is 22.9 Å². The zero-order chi connectivity index (χ0) is 27.7. The molecule has 0 unspecified atom stereocenters. The standard InChI is InChI=1S/C27H26BrCl2N3O5/c1-3-37-24-13-18(11-20(28)25(24)34)15-31-33-27(36)22(12-17-7-5-4-6-8-17)32-26(35)16(2)38-23-10-9-19(29)14-21(23)30/h4-11,13-16,22,34H,3,12H2,1-2H3,(H,32,35)(H,33,36)/b31-15-/t16-,22-/m1/s1. The molecule has 0 saturated heterocycles. The predicted molar refractivity (Wildman–Crippen MR) is 151 cm³/mol. The quantitative estimate of drug-likeness (QED) is 0.193. The average Bonchev–Trinajstić information content (AvgIpc) is 2.88. The van der Waals surface area contributed by atoms with Crippen molar-refractivity contribution in [1.29, 1.82) is 0 Å². The maximum Gasteiger partial charge on any atom is 0.262 e. The number of rotatable bonds is 11. The Kier molecular flexibility index (Phi) is 10.8. The first-order valence-corrected chi connectivity index (χ1v) is 13.2. The number of ether oxygens (including phenoxy) is 2. The van der Waals surface area contributed by atoms with E-state index in [2.05, 4.69) is 31.8 Å². The van der Waals surface area contributed by atoms with Gasteiger partial charge in [-0.3, -0.25) is 9.59 Å². The van der Waals surface area contributed by atoms with Crippen LogP contribution in [0, 0.1) is 0 Å². The molecule has 3 N–H and O–H groups in total. The summed E-state index contributed by atoms with van der Waals surface area (Å²) < 4.78 is 11.5. The van der Waals surface area contributed by atoms with Gasteiger partial charge in [0.25, 0.3) is 11.8 Å². The van der Waals surface area contributed by atoms with Gasteiger partial charge >= 0.3 is 0 Å². The van der Waals surface area contributed by atoms with Gasteiger partial charge in [-0.15, -0.1) is 0 Å². The third-order valence-electron chi connectivity index (χ3n) is 5.22. The molecule has 3 aromatic rings. The van der Waals surface area contributed by atoms with E-state index in [4.69, 9.17) is 32.7 Å².